The monoisotopic (exact) mass is 209 g/mol. The van der Waals surface area contributed by atoms with E-state index in [0.717, 1.165) is 24.6 Å². The van der Waals surface area contributed by atoms with Gasteiger partial charge in [-0.25, -0.2) is 4.98 Å². The van der Waals surface area contributed by atoms with Crippen molar-refractivity contribution in [3.63, 3.8) is 0 Å². The number of thioether (sulfide) groups is 1. The number of pyridine rings is 1. The first-order valence-electron chi connectivity index (χ1n) is 4.91. The van der Waals surface area contributed by atoms with Crippen LogP contribution in [0.2, 0.25) is 0 Å². The van der Waals surface area contributed by atoms with E-state index in [4.69, 9.17) is 5.73 Å². The van der Waals surface area contributed by atoms with E-state index in [1.165, 1.54) is 17.9 Å². The highest BCUT2D eigenvalue weighted by molar-refractivity contribution is 7.99. The molecule has 2 N–H and O–H groups in total. The maximum absolute atomic E-state index is 5.89. The highest BCUT2D eigenvalue weighted by Gasteiger charge is 2.12. The molecule has 0 unspecified atom stereocenters. The molecule has 3 nitrogen and oxygen atoms in total. The first-order valence-corrected chi connectivity index (χ1v) is 6.06. The molecule has 0 aromatic carbocycles. The first-order chi connectivity index (χ1) is 6.88. The lowest BCUT2D eigenvalue weighted by molar-refractivity contribution is 0.803. The van der Waals surface area contributed by atoms with Crippen LogP contribution in [0.15, 0.2) is 18.3 Å². The number of anilines is 2. The van der Waals surface area contributed by atoms with E-state index in [9.17, 15) is 0 Å². The third-order valence-electron chi connectivity index (χ3n) is 2.34. The van der Waals surface area contributed by atoms with Gasteiger partial charge >= 0.3 is 0 Å². The molecule has 0 radical (unpaired) electrons. The fourth-order valence-corrected chi connectivity index (χ4v) is 2.52. The Kier molecular flexibility index (Phi) is 3.14. The third kappa shape index (κ3) is 2.12. The molecule has 1 aliphatic rings. The van der Waals surface area contributed by atoms with Crippen molar-refractivity contribution in [2.24, 2.45) is 0 Å². The van der Waals surface area contributed by atoms with E-state index in [-0.39, 0.29) is 0 Å². The Hall–Kier alpha value is -0.900. The molecule has 1 aromatic heterocycles. The van der Waals surface area contributed by atoms with Crippen LogP contribution in [0.1, 0.15) is 6.42 Å². The topological polar surface area (TPSA) is 42.1 Å². The van der Waals surface area contributed by atoms with E-state index < -0.39 is 0 Å². The van der Waals surface area contributed by atoms with E-state index in [1.54, 1.807) is 0 Å². The molecule has 1 fully saturated rings. The summed E-state index contributed by atoms with van der Waals surface area (Å²) in [6, 6.07) is 3.80. The predicted molar refractivity (Wildman–Crippen MR) is 62.8 cm³/mol. The number of hydrogen-bond acceptors (Lipinski definition) is 4. The number of nitrogens with two attached hydrogens (primary N) is 1. The molecule has 0 atom stereocenters. The molecule has 0 spiro atoms. The highest BCUT2D eigenvalue weighted by Crippen LogP contribution is 2.21. The summed E-state index contributed by atoms with van der Waals surface area (Å²) in [7, 11) is 0. The predicted octanol–water partition coefficient (Wildman–Crippen LogP) is 1.61. The van der Waals surface area contributed by atoms with Gasteiger partial charge in [-0.1, -0.05) is 0 Å². The van der Waals surface area contributed by atoms with Crippen molar-refractivity contribution >= 4 is 23.3 Å². The molecule has 1 saturated heterocycles. The SMILES string of the molecule is Nc1cccnc1N1CCCSCC1. The van der Waals surface area contributed by atoms with Crippen molar-refractivity contribution in [3.05, 3.63) is 18.3 Å². The Morgan fingerprint density at radius 2 is 2.29 bits per heavy atom. The van der Waals surface area contributed by atoms with Gasteiger partial charge in [0.2, 0.25) is 0 Å². The van der Waals surface area contributed by atoms with Gasteiger partial charge in [0.25, 0.3) is 0 Å². The Balaban J connectivity index is 2.16. The van der Waals surface area contributed by atoms with Gasteiger partial charge < -0.3 is 10.6 Å². The molecule has 1 aromatic rings. The van der Waals surface area contributed by atoms with Crippen molar-refractivity contribution in [1.29, 1.82) is 0 Å². The summed E-state index contributed by atoms with van der Waals surface area (Å²) in [5.74, 6) is 3.38. The lowest BCUT2D eigenvalue weighted by atomic mass is 10.3. The number of nitrogens with zero attached hydrogens (tertiary/aromatic N) is 2. The van der Waals surface area contributed by atoms with Crippen molar-refractivity contribution in [2.45, 2.75) is 6.42 Å². The fourth-order valence-electron chi connectivity index (χ4n) is 1.63. The number of nitrogen functional groups attached to an aromatic ring is 1. The van der Waals surface area contributed by atoms with E-state index in [1.807, 2.05) is 30.1 Å². The van der Waals surface area contributed by atoms with Crippen LogP contribution < -0.4 is 10.6 Å². The van der Waals surface area contributed by atoms with E-state index >= 15 is 0 Å². The van der Waals surface area contributed by atoms with Crippen LogP contribution in [-0.2, 0) is 0 Å². The van der Waals surface area contributed by atoms with Gasteiger partial charge in [0.05, 0.1) is 5.69 Å². The summed E-state index contributed by atoms with van der Waals surface area (Å²) in [6.07, 6.45) is 3.03. The molecule has 1 aliphatic heterocycles. The normalized spacial score (nSPS) is 17.9. The summed E-state index contributed by atoms with van der Waals surface area (Å²) >= 11 is 2.01. The van der Waals surface area contributed by atoms with Gasteiger partial charge in [-0.15, -0.1) is 0 Å². The number of hydrogen-bond donors (Lipinski definition) is 1. The van der Waals surface area contributed by atoms with Crippen molar-refractivity contribution in [2.75, 3.05) is 35.2 Å². The summed E-state index contributed by atoms with van der Waals surface area (Å²) in [5, 5.41) is 0. The van der Waals surface area contributed by atoms with E-state index in [0.29, 0.717) is 0 Å². The Morgan fingerprint density at radius 3 is 3.14 bits per heavy atom. The summed E-state index contributed by atoms with van der Waals surface area (Å²) in [5.41, 5.74) is 6.68. The molecular weight excluding hydrogens is 194 g/mol. The Bertz CT molecular complexity index is 295. The number of rotatable bonds is 1. The van der Waals surface area contributed by atoms with Gasteiger partial charge in [-0.2, -0.15) is 11.8 Å². The van der Waals surface area contributed by atoms with Gasteiger partial charge in [0.15, 0.2) is 5.82 Å². The van der Waals surface area contributed by atoms with Gasteiger partial charge in [-0.3, -0.25) is 0 Å². The number of aromatic nitrogens is 1. The molecule has 2 rings (SSSR count). The third-order valence-corrected chi connectivity index (χ3v) is 3.39. The fraction of sp³-hybridized carbons (Fsp3) is 0.500. The second-order valence-electron chi connectivity index (χ2n) is 3.37. The van der Waals surface area contributed by atoms with Crippen LogP contribution in [0, 0.1) is 0 Å². The lowest BCUT2D eigenvalue weighted by Gasteiger charge is -2.22. The maximum atomic E-state index is 5.89. The Morgan fingerprint density at radius 1 is 1.36 bits per heavy atom. The molecule has 2 heterocycles. The minimum absolute atomic E-state index is 0.791. The zero-order valence-electron chi connectivity index (χ0n) is 8.15. The zero-order chi connectivity index (χ0) is 9.80. The van der Waals surface area contributed by atoms with Crippen LogP contribution >= 0.6 is 11.8 Å². The smallest absolute Gasteiger partial charge is 0.151 e. The molecule has 0 amide bonds. The molecule has 76 valence electrons. The van der Waals surface area contributed by atoms with Crippen molar-refractivity contribution in [1.82, 2.24) is 4.98 Å². The van der Waals surface area contributed by atoms with Crippen LogP contribution in [0.4, 0.5) is 11.5 Å². The van der Waals surface area contributed by atoms with Crippen LogP contribution in [0.3, 0.4) is 0 Å². The van der Waals surface area contributed by atoms with Crippen molar-refractivity contribution in [3.8, 4) is 0 Å². The average molecular weight is 209 g/mol. The van der Waals surface area contributed by atoms with Crippen LogP contribution in [0.5, 0.6) is 0 Å². The largest absolute Gasteiger partial charge is 0.396 e. The zero-order valence-corrected chi connectivity index (χ0v) is 8.96. The lowest BCUT2D eigenvalue weighted by Crippen LogP contribution is -2.27. The molecule has 4 heteroatoms. The standard InChI is InChI=1S/C10H15N3S/c11-9-3-1-4-12-10(9)13-5-2-7-14-8-6-13/h1,3-4H,2,5-8,11H2. The molecular formula is C10H15N3S. The molecule has 14 heavy (non-hydrogen) atoms. The van der Waals surface area contributed by atoms with Crippen LogP contribution in [0.25, 0.3) is 0 Å². The minimum atomic E-state index is 0.791. The second-order valence-corrected chi connectivity index (χ2v) is 4.59. The Labute approximate surface area is 88.7 Å². The van der Waals surface area contributed by atoms with Crippen LogP contribution in [-0.4, -0.2) is 29.6 Å². The summed E-state index contributed by atoms with van der Waals surface area (Å²) in [4.78, 5) is 6.62. The van der Waals surface area contributed by atoms with E-state index in [2.05, 4.69) is 9.88 Å². The maximum Gasteiger partial charge on any atom is 0.151 e. The average Bonchev–Trinajstić information content (AvgIpc) is 2.47. The van der Waals surface area contributed by atoms with Gasteiger partial charge in [-0.05, 0) is 24.3 Å². The highest BCUT2D eigenvalue weighted by atomic mass is 32.2. The molecule has 0 saturated carbocycles. The molecule has 0 bridgehead atoms. The first kappa shape index (κ1) is 9.65. The summed E-state index contributed by atoms with van der Waals surface area (Å²) in [6.45, 7) is 2.14. The van der Waals surface area contributed by atoms with Gasteiger partial charge in [0, 0.05) is 25.0 Å². The van der Waals surface area contributed by atoms with Gasteiger partial charge in [0.1, 0.15) is 0 Å². The second kappa shape index (κ2) is 4.55. The minimum Gasteiger partial charge on any atom is -0.396 e. The quantitative estimate of drug-likeness (QED) is 0.763. The summed E-state index contributed by atoms with van der Waals surface area (Å²) < 4.78 is 0. The molecule has 0 aliphatic carbocycles. The van der Waals surface area contributed by atoms with Crippen molar-refractivity contribution < 1.29 is 0 Å².